The topological polar surface area (TPSA) is 61.7 Å². The fourth-order valence-corrected chi connectivity index (χ4v) is 1.92. The third-order valence-electron chi connectivity index (χ3n) is 2.68. The lowest BCUT2D eigenvalue weighted by atomic mass is 10.0. The number of rotatable bonds is 7. The molecule has 0 aliphatic heterocycles. The largest absolute Gasteiger partial charge is 0.388 e. The third kappa shape index (κ3) is 5.22. The van der Waals surface area contributed by atoms with Crippen molar-refractivity contribution in [3.63, 3.8) is 0 Å². The minimum atomic E-state index is -0.724. The molecule has 1 aromatic carbocycles. The van der Waals surface area contributed by atoms with Crippen LogP contribution in [0.25, 0.3) is 0 Å². The fraction of sp³-hybridized carbons (Fsp3) is 0.286. The lowest BCUT2D eigenvalue weighted by molar-refractivity contribution is -0.104. The van der Waals surface area contributed by atoms with Gasteiger partial charge in [-0.15, -0.1) is 0 Å². The number of nitrogens with one attached hydrogen (secondary N) is 1. The Labute approximate surface area is 125 Å². The predicted octanol–water partition coefficient (Wildman–Crippen LogP) is 2.69. The molecule has 1 atom stereocenters. The number of aliphatic hydroxyl groups is 1. The summed E-state index contributed by atoms with van der Waals surface area (Å²) in [5.41, 5.74) is 1.27. The van der Waals surface area contributed by atoms with E-state index < -0.39 is 6.10 Å². The summed E-state index contributed by atoms with van der Waals surface area (Å²) in [6.07, 6.45) is 2.26. The highest BCUT2D eigenvalue weighted by molar-refractivity contribution is 9.12. The van der Waals surface area contributed by atoms with Gasteiger partial charge in [-0.25, -0.2) is 4.39 Å². The Balaban J connectivity index is 2.67. The average molecular weight is 343 g/mol. The number of carbonyl (C=O) groups excluding carboxylic acids is 1. The van der Waals surface area contributed by atoms with Gasteiger partial charge in [-0.3, -0.25) is 9.79 Å². The van der Waals surface area contributed by atoms with Crippen LogP contribution in [0.4, 0.5) is 4.39 Å². The molecule has 0 aliphatic carbocycles. The second-order valence-corrected chi connectivity index (χ2v) is 4.94. The zero-order valence-electron chi connectivity index (χ0n) is 11.0. The van der Waals surface area contributed by atoms with E-state index in [0.29, 0.717) is 34.9 Å². The second kappa shape index (κ2) is 8.60. The molecule has 0 fully saturated rings. The Morgan fingerprint density at radius 3 is 2.70 bits per heavy atom. The van der Waals surface area contributed by atoms with Gasteiger partial charge in [0, 0.05) is 12.7 Å². The van der Waals surface area contributed by atoms with E-state index in [-0.39, 0.29) is 5.82 Å². The molecule has 0 heterocycles. The van der Waals surface area contributed by atoms with Crippen molar-refractivity contribution in [3.8, 4) is 0 Å². The second-order valence-electron chi connectivity index (χ2n) is 4.08. The summed E-state index contributed by atoms with van der Waals surface area (Å²) in [6, 6.07) is 5.69. The molecule has 1 rings (SSSR count). The van der Waals surface area contributed by atoms with Crippen LogP contribution in [0.2, 0.25) is 0 Å². The van der Waals surface area contributed by atoms with Crippen molar-refractivity contribution in [2.24, 2.45) is 4.99 Å². The van der Waals surface area contributed by atoms with Crippen molar-refractivity contribution in [2.45, 2.75) is 18.9 Å². The molecular formula is C14H16BrFN2O2. The molecule has 0 bridgehead atoms. The molecular weight excluding hydrogens is 327 g/mol. The van der Waals surface area contributed by atoms with Crippen molar-refractivity contribution >= 4 is 28.6 Å². The van der Waals surface area contributed by atoms with Crippen molar-refractivity contribution in [2.75, 3.05) is 7.05 Å². The van der Waals surface area contributed by atoms with Crippen molar-refractivity contribution in [1.82, 2.24) is 5.32 Å². The Morgan fingerprint density at radius 2 is 2.15 bits per heavy atom. The Hall–Kier alpha value is -1.53. The highest BCUT2D eigenvalue weighted by Gasteiger charge is 2.10. The predicted molar refractivity (Wildman–Crippen MR) is 80.2 cm³/mol. The minimum Gasteiger partial charge on any atom is -0.388 e. The van der Waals surface area contributed by atoms with Gasteiger partial charge in [0.1, 0.15) is 5.82 Å². The summed E-state index contributed by atoms with van der Waals surface area (Å²) < 4.78 is 13.2. The molecule has 0 saturated carbocycles. The van der Waals surface area contributed by atoms with Crippen LogP contribution in [0.1, 0.15) is 24.5 Å². The van der Waals surface area contributed by atoms with Crippen LogP contribution in [-0.2, 0) is 4.79 Å². The maximum atomic E-state index is 12.8. The number of nitrogens with zero attached hydrogens (tertiary/aromatic N) is 1. The highest BCUT2D eigenvalue weighted by Crippen LogP contribution is 2.22. The normalized spacial score (nSPS) is 14.0. The summed E-state index contributed by atoms with van der Waals surface area (Å²) in [7, 11) is 1.60. The van der Waals surface area contributed by atoms with Crippen LogP contribution in [0.5, 0.6) is 0 Å². The lowest BCUT2D eigenvalue weighted by Crippen LogP contribution is -2.13. The van der Waals surface area contributed by atoms with E-state index >= 15 is 0 Å². The molecule has 0 saturated heterocycles. The number of aliphatic hydroxyl groups excluding tert-OH is 1. The van der Waals surface area contributed by atoms with E-state index in [1.165, 1.54) is 18.5 Å². The van der Waals surface area contributed by atoms with Crippen molar-refractivity contribution in [1.29, 1.82) is 0 Å². The van der Waals surface area contributed by atoms with E-state index in [9.17, 15) is 14.3 Å². The first-order chi connectivity index (χ1) is 9.58. The standard InChI is InChI=1S/C14H16BrFN2O2/c1-17-9-18-13(12(15)8-19)6-7-14(20)10-2-4-11(16)5-3-10/h2-5,8-9,14,20H,6-7H2,1H3,(H,17,18)/b13-12+. The van der Waals surface area contributed by atoms with Gasteiger partial charge in [0.2, 0.25) is 0 Å². The van der Waals surface area contributed by atoms with Gasteiger partial charge in [-0.1, -0.05) is 12.1 Å². The number of halogens is 2. The monoisotopic (exact) mass is 342 g/mol. The van der Waals surface area contributed by atoms with Gasteiger partial charge in [0.25, 0.3) is 0 Å². The van der Waals surface area contributed by atoms with Gasteiger partial charge in [0.15, 0.2) is 6.29 Å². The summed E-state index contributed by atoms with van der Waals surface area (Å²) in [6.45, 7) is 0. The van der Waals surface area contributed by atoms with E-state index in [1.54, 1.807) is 19.2 Å². The number of benzene rings is 1. The van der Waals surface area contributed by atoms with Gasteiger partial charge < -0.3 is 10.4 Å². The fourth-order valence-electron chi connectivity index (χ4n) is 1.61. The maximum Gasteiger partial charge on any atom is 0.158 e. The van der Waals surface area contributed by atoms with Gasteiger partial charge >= 0.3 is 0 Å². The molecule has 0 radical (unpaired) electrons. The first-order valence-corrected chi connectivity index (χ1v) is 6.82. The average Bonchev–Trinajstić information content (AvgIpc) is 2.47. The van der Waals surface area contributed by atoms with E-state index in [1.807, 2.05) is 0 Å². The smallest absolute Gasteiger partial charge is 0.158 e. The molecule has 1 aromatic rings. The number of carbonyl (C=O) groups is 1. The number of aliphatic imine (C=N–C) groups is 1. The molecule has 0 amide bonds. The SMILES string of the molecule is CN=CN/C(CCC(O)c1ccc(F)cc1)=C(/Br)C=O. The molecule has 20 heavy (non-hydrogen) atoms. The highest BCUT2D eigenvalue weighted by atomic mass is 79.9. The summed E-state index contributed by atoms with van der Waals surface area (Å²) in [5, 5.41) is 12.9. The first kappa shape index (κ1) is 16.5. The molecule has 0 aliphatic rings. The van der Waals surface area contributed by atoms with Crippen LogP contribution in [-0.4, -0.2) is 24.8 Å². The summed E-state index contributed by atoms with van der Waals surface area (Å²) in [4.78, 5) is 14.5. The third-order valence-corrected chi connectivity index (χ3v) is 3.35. The quantitative estimate of drug-likeness (QED) is 0.346. The zero-order valence-corrected chi connectivity index (χ0v) is 12.6. The molecule has 108 valence electrons. The van der Waals surface area contributed by atoms with Crippen LogP contribution >= 0.6 is 15.9 Å². The van der Waals surface area contributed by atoms with Gasteiger partial charge in [0.05, 0.1) is 16.9 Å². The first-order valence-electron chi connectivity index (χ1n) is 6.03. The number of hydrogen-bond acceptors (Lipinski definition) is 3. The molecule has 0 aromatic heterocycles. The number of allylic oxidation sites excluding steroid dienone is 2. The van der Waals surface area contributed by atoms with Crippen LogP contribution in [0.15, 0.2) is 39.4 Å². The molecule has 6 heteroatoms. The number of hydrogen-bond donors (Lipinski definition) is 2. The Morgan fingerprint density at radius 1 is 1.50 bits per heavy atom. The van der Waals surface area contributed by atoms with Crippen LogP contribution in [0.3, 0.4) is 0 Å². The van der Waals surface area contributed by atoms with Crippen molar-refractivity contribution in [3.05, 3.63) is 45.8 Å². The lowest BCUT2D eigenvalue weighted by Gasteiger charge is -2.13. The van der Waals surface area contributed by atoms with E-state index in [4.69, 9.17) is 0 Å². The Kier molecular flexibility index (Phi) is 7.11. The van der Waals surface area contributed by atoms with E-state index in [2.05, 4.69) is 26.2 Å². The maximum absolute atomic E-state index is 12.8. The molecule has 2 N–H and O–H groups in total. The number of aldehydes is 1. The zero-order chi connectivity index (χ0) is 15.0. The van der Waals surface area contributed by atoms with Crippen LogP contribution < -0.4 is 5.32 Å². The van der Waals surface area contributed by atoms with Gasteiger partial charge in [-0.05, 0) is 46.5 Å². The summed E-state index contributed by atoms with van der Waals surface area (Å²) >= 11 is 3.15. The van der Waals surface area contributed by atoms with Crippen LogP contribution in [0, 0.1) is 5.82 Å². The minimum absolute atomic E-state index is 0.342. The van der Waals surface area contributed by atoms with Gasteiger partial charge in [-0.2, -0.15) is 0 Å². The van der Waals surface area contributed by atoms with Crippen molar-refractivity contribution < 1.29 is 14.3 Å². The van der Waals surface area contributed by atoms with E-state index in [0.717, 1.165) is 0 Å². The molecule has 4 nitrogen and oxygen atoms in total. The molecule has 0 spiro atoms. The Bertz CT molecular complexity index is 500. The summed E-state index contributed by atoms with van der Waals surface area (Å²) in [5.74, 6) is -0.342. The molecule has 1 unspecified atom stereocenters.